The number of carboxylic acid groups (broad SMARTS) is 1. The Morgan fingerprint density at radius 2 is 1.86 bits per heavy atom. The van der Waals surface area contributed by atoms with Crippen LogP contribution in [0.1, 0.15) is 52.0 Å². The predicted molar refractivity (Wildman–Crippen MR) is 101 cm³/mol. The van der Waals surface area contributed by atoms with E-state index in [1.54, 1.807) is 30.5 Å². The number of halogens is 1. The van der Waals surface area contributed by atoms with Crippen LogP contribution in [0, 0.1) is 5.82 Å². The first-order valence-corrected chi connectivity index (χ1v) is 9.34. The fraction of sp³-hybridized carbons (Fsp3) is 0.273. The lowest BCUT2D eigenvalue weighted by Gasteiger charge is -2.22. The zero-order valence-electron chi connectivity index (χ0n) is 15.3. The highest BCUT2D eigenvalue weighted by atomic mass is 19.1. The van der Waals surface area contributed by atoms with Crippen LogP contribution in [-0.2, 0) is 13.0 Å². The van der Waals surface area contributed by atoms with Gasteiger partial charge in [-0.3, -0.25) is 4.90 Å². The van der Waals surface area contributed by atoms with Crippen molar-refractivity contribution in [2.24, 2.45) is 0 Å². The van der Waals surface area contributed by atoms with E-state index >= 15 is 0 Å². The number of hydrogen-bond donors (Lipinski definition) is 1. The summed E-state index contributed by atoms with van der Waals surface area (Å²) in [6.07, 6.45) is 4.37. The molecule has 0 aliphatic carbocycles. The molecule has 0 bridgehead atoms. The normalized spacial score (nSPS) is 17.1. The highest BCUT2D eigenvalue weighted by Gasteiger charge is 2.29. The van der Waals surface area contributed by atoms with Gasteiger partial charge in [0.15, 0.2) is 0 Å². The zero-order valence-corrected chi connectivity index (χ0v) is 15.3. The lowest BCUT2D eigenvalue weighted by molar-refractivity contribution is 0.0697. The van der Waals surface area contributed by atoms with Gasteiger partial charge in [0.05, 0.1) is 17.8 Å². The van der Waals surface area contributed by atoms with Crippen molar-refractivity contribution in [1.29, 1.82) is 0 Å². The molecule has 2 aromatic carbocycles. The van der Waals surface area contributed by atoms with E-state index in [0.717, 1.165) is 42.8 Å². The number of aromatic carboxylic acids is 1. The van der Waals surface area contributed by atoms with Gasteiger partial charge in [-0.25, -0.2) is 14.2 Å². The van der Waals surface area contributed by atoms with Gasteiger partial charge < -0.3 is 9.52 Å². The Labute approximate surface area is 162 Å². The summed E-state index contributed by atoms with van der Waals surface area (Å²) in [5.74, 6) is 0.301. The smallest absolute Gasteiger partial charge is 0.335 e. The molecule has 4 rings (SSSR count). The van der Waals surface area contributed by atoms with Crippen molar-refractivity contribution in [3.63, 3.8) is 0 Å². The van der Waals surface area contributed by atoms with Crippen LogP contribution < -0.4 is 0 Å². The summed E-state index contributed by atoms with van der Waals surface area (Å²) >= 11 is 0. The number of carbonyl (C=O) groups is 1. The SMILES string of the molecule is O=C(O)c1ccc(CN2CCC[C@H]2c2ncc(Cc3ccc(F)cc3)o2)cc1. The Kier molecular flexibility index (Phi) is 5.21. The number of oxazole rings is 1. The Morgan fingerprint density at radius 1 is 1.14 bits per heavy atom. The number of hydrogen-bond acceptors (Lipinski definition) is 4. The summed E-state index contributed by atoms with van der Waals surface area (Å²) < 4.78 is 19.0. The summed E-state index contributed by atoms with van der Waals surface area (Å²) in [5, 5.41) is 9.02. The first-order valence-electron chi connectivity index (χ1n) is 9.34. The Balaban J connectivity index is 1.44. The number of aromatic nitrogens is 1. The third-order valence-corrected chi connectivity index (χ3v) is 5.10. The van der Waals surface area contributed by atoms with Gasteiger partial charge in [0.1, 0.15) is 11.6 Å². The van der Waals surface area contributed by atoms with Crippen LogP contribution >= 0.6 is 0 Å². The fourth-order valence-electron chi connectivity index (χ4n) is 3.64. The topological polar surface area (TPSA) is 66.6 Å². The largest absolute Gasteiger partial charge is 0.478 e. The van der Waals surface area contributed by atoms with Crippen LogP contribution in [0.4, 0.5) is 4.39 Å². The summed E-state index contributed by atoms with van der Waals surface area (Å²) in [7, 11) is 0. The molecule has 28 heavy (non-hydrogen) atoms. The monoisotopic (exact) mass is 380 g/mol. The molecule has 5 nitrogen and oxygen atoms in total. The molecule has 0 spiro atoms. The van der Waals surface area contributed by atoms with Gasteiger partial charge in [-0.2, -0.15) is 0 Å². The van der Waals surface area contributed by atoms with Crippen LogP contribution in [0.2, 0.25) is 0 Å². The number of rotatable bonds is 6. The minimum atomic E-state index is -0.918. The summed E-state index contributed by atoms with van der Waals surface area (Å²) in [6, 6.07) is 13.5. The van der Waals surface area contributed by atoms with Gasteiger partial charge in [0.25, 0.3) is 0 Å². The first-order chi connectivity index (χ1) is 13.6. The molecule has 6 heteroatoms. The maximum atomic E-state index is 13.0. The minimum Gasteiger partial charge on any atom is -0.478 e. The molecule has 2 heterocycles. The Morgan fingerprint density at radius 3 is 2.57 bits per heavy atom. The van der Waals surface area contributed by atoms with E-state index in [4.69, 9.17) is 9.52 Å². The second-order valence-electron chi connectivity index (χ2n) is 7.10. The second-order valence-corrected chi connectivity index (χ2v) is 7.10. The number of nitrogens with zero attached hydrogens (tertiary/aromatic N) is 2. The van der Waals surface area contributed by atoms with Crippen molar-refractivity contribution in [1.82, 2.24) is 9.88 Å². The molecule has 1 atom stereocenters. The maximum Gasteiger partial charge on any atom is 0.335 e. The molecular weight excluding hydrogens is 359 g/mol. The minimum absolute atomic E-state index is 0.112. The van der Waals surface area contributed by atoms with Crippen molar-refractivity contribution in [3.8, 4) is 0 Å². The molecule has 1 aromatic heterocycles. The van der Waals surface area contributed by atoms with Gasteiger partial charge in [0.2, 0.25) is 5.89 Å². The van der Waals surface area contributed by atoms with Crippen LogP contribution in [0.3, 0.4) is 0 Å². The highest BCUT2D eigenvalue weighted by molar-refractivity contribution is 5.87. The summed E-state index contributed by atoms with van der Waals surface area (Å²) in [6.45, 7) is 1.67. The van der Waals surface area contributed by atoms with Gasteiger partial charge >= 0.3 is 5.97 Å². The summed E-state index contributed by atoms with van der Waals surface area (Å²) in [5.41, 5.74) is 2.33. The lowest BCUT2D eigenvalue weighted by atomic mass is 10.1. The van der Waals surface area contributed by atoms with Crippen molar-refractivity contribution >= 4 is 5.97 Å². The molecule has 3 aromatic rings. The van der Waals surface area contributed by atoms with Crippen LogP contribution in [-0.4, -0.2) is 27.5 Å². The predicted octanol–water partition coefficient (Wildman–Crippen LogP) is 4.44. The zero-order chi connectivity index (χ0) is 19.5. The van der Waals surface area contributed by atoms with E-state index in [2.05, 4.69) is 9.88 Å². The molecule has 1 fully saturated rings. The Hall–Kier alpha value is -2.99. The van der Waals surface area contributed by atoms with Crippen molar-refractivity contribution < 1.29 is 18.7 Å². The van der Waals surface area contributed by atoms with Gasteiger partial charge in [-0.1, -0.05) is 24.3 Å². The van der Waals surface area contributed by atoms with E-state index < -0.39 is 5.97 Å². The number of likely N-dealkylation sites (tertiary alicyclic amines) is 1. The quantitative estimate of drug-likeness (QED) is 0.685. The summed E-state index contributed by atoms with van der Waals surface area (Å²) in [4.78, 5) is 17.8. The van der Waals surface area contributed by atoms with Crippen molar-refractivity contribution in [3.05, 3.63) is 88.9 Å². The fourth-order valence-corrected chi connectivity index (χ4v) is 3.64. The van der Waals surface area contributed by atoms with Gasteiger partial charge in [0, 0.05) is 13.0 Å². The third kappa shape index (κ3) is 4.12. The van der Waals surface area contributed by atoms with E-state index in [1.165, 1.54) is 12.1 Å². The average molecular weight is 380 g/mol. The molecule has 0 unspecified atom stereocenters. The third-order valence-electron chi connectivity index (χ3n) is 5.10. The molecule has 0 amide bonds. The van der Waals surface area contributed by atoms with Crippen LogP contribution in [0.5, 0.6) is 0 Å². The maximum absolute atomic E-state index is 13.0. The van der Waals surface area contributed by atoms with E-state index in [9.17, 15) is 9.18 Å². The van der Waals surface area contributed by atoms with Gasteiger partial charge in [-0.15, -0.1) is 0 Å². The molecule has 144 valence electrons. The molecule has 0 saturated carbocycles. The van der Waals surface area contributed by atoms with Crippen LogP contribution in [0.25, 0.3) is 0 Å². The average Bonchev–Trinajstić information content (AvgIpc) is 3.33. The molecule has 0 radical (unpaired) electrons. The standard InChI is InChI=1S/C22H21FN2O3/c23-18-9-5-15(6-10-18)12-19-13-24-21(28-19)20-2-1-11-25(20)14-16-3-7-17(8-4-16)22(26)27/h3-10,13,20H,1-2,11-12,14H2,(H,26,27)/t20-/m0/s1. The molecule has 1 aliphatic rings. The van der Waals surface area contributed by atoms with Gasteiger partial charge in [-0.05, 0) is 54.8 Å². The molecule has 1 saturated heterocycles. The second kappa shape index (κ2) is 7.94. The highest BCUT2D eigenvalue weighted by Crippen LogP contribution is 2.33. The number of benzene rings is 2. The lowest BCUT2D eigenvalue weighted by Crippen LogP contribution is -2.23. The van der Waals surface area contributed by atoms with E-state index in [-0.39, 0.29) is 11.9 Å². The van der Waals surface area contributed by atoms with E-state index in [0.29, 0.717) is 17.9 Å². The molecule has 1 N–H and O–H groups in total. The van der Waals surface area contributed by atoms with Crippen LogP contribution in [0.15, 0.2) is 59.1 Å². The Bertz CT molecular complexity index is 951. The first kappa shape index (κ1) is 18.4. The number of carboxylic acids is 1. The molecular formula is C22H21FN2O3. The van der Waals surface area contributed by atoms with E-state index in [1.807, 2.05) is 12.1 Å². The van der Waals surface area contributed by atoms with Crippen molar-refractivity contribution in [2.75, 3.05) is 6.54 Å². The molecule has 1 aliphatic heterocycles. The van der Waals surface area contributed by atoms with Crippen molar-refractivity contribution in [2.45, 2.75) is 31.8 Å².